The molecule has 0 aliphatic rings. The summed E-state index contributed by atoms with van der Waals surface area (Å²) < 4.78 is 5.22. The maximum absolute atomic E-state index is 13.5. The van der Waals surface area contributed by atoms with Gasteiger partial charge in [-0.1, -0.05) is 78.4 Å². The minimum Gasteiger partial charge on any atom is -0.497 e. The van der Waals surface area contributed by atoms with E-state index in [0.717, 1.165) is 21.6 Å². The van der Waals surface area contributed by atoms with Gasteiger partial charge in [0.05, 0.1) is 7.11 Å². The highest BCUT2D eigenvalue weighted by molar-refractivity contribution is 8.00. The maximum atomic E-state index is 13.5. The van der Waals surface area contributed by atoms with Crippen molar-refractivity contribution in [3.05, 3.63) is 161 Å². The van der Waals surface area contributed by atoms with Gasteiger partial charge in [0.15, 0.2) is 0 Å². The van der Waals surface area contributed by atoms with Gasteiger partial charge in [0.2, 0.25) is 5.91 Å². The molecule has 0 fully saturated rings. The molecular formula is C38H33N3O4S. The summed E-state index contributed by atoms with van der Waals surface area (Å²) in [7, 11) is 1.59. The smallest absolute Gasteiger partial charge is 0.272 e. The zero-order valence-electron chi connectivity index (χ0n) is 25.4. The van der Waals surface area contributed by atoms with Crippen LogP contribution in [-0.2, 0) is 9.59 Å². The average Bonchev–Trinajstić information content (AvgIpc) is 3.08. The average molecular weight is 628 g/mol. The fourth-order valence-electron chi connectivity index (χ4n) is 4.60. The first-order chi connectivity index (χ1) is 22.4. The summed E-state index contributed by atoms with van der Waals surface area (Å²) in [6.07, 6.45) is 1.65. The number of methoxy groups -OCH3 is 1. The molecule has 0 saturated heterocycles. The summed E-state index contributed by atoms with van der Waals surface area (Å²) in [6, 6.07) is 40.4. The van der Waals surface area contributed by atoms with Gasteiger partial charge in [0.1, 0.15) is 16.7 Å². The molecule has 5 aromatic carbocycles. The lowest BCUT2D eigenvalue weighted by molar-refractivity contribution is -0.116. The molecule has 0 radical (unpaired) electrons. The topological polar surface area (TPSA) is 96.5 Å². The van der Waals surface area contributed by atoms with Crippen molar-refractivity contribution in [3.8, 4) is 5.75 Å². The summed E-state index contributed by atoms with van der Waals surface area (Å²) in [4.78, 5) is 40.7. The minimum atomic E-state index is -0.527. The fourth-order valence-corrected chi connectivity index (χ4v) is 5.63. The number of ether oxygens (including phenoxy) is 1. The van der Waals surface area contributed by atoms with Crippen molar-refractivity contribution in [2.75, 3.05) is 17.7 Å². The molecule has 8 heteroatoms. The van der Waals surface area contributed by atoms with E-state index < -0.39 is 11.2 Å². The number of amides is 3. The number of aryl methyl sites for hydroxylation is 1. The lowest BCUT2D eigenvalue weighted by Gasteiger charge is -2.18. The summed E-state index contributed by atoms with van der Waals surface area (Å²) in [5.41, 5.74) is 4.42. The summed E-state index contributed by atoms with van der Waals surface area (Å²) in [5, 5.41) is 8.13. The quantitative estimate of drug-likeness (QED) is 0.102. The molecule has 0 aliphatic heterocycles. The van der Waals surface area contributed by atoms with Gasteiger partial charge in [0, 0.05) is 21.8 Å². The van der Waals surface area contributed by atoms with Gasteiger partial charge in [-0.05, 0) is 84.8 Å². The van der Waals surface area contributed by atoms with Crippen molar-refractivity contribution >= 4 is 46.9 Å². The Morgan fingerprint density at radius 3 is 2.00 bits per heavy atom. The van der Waals surface area contributed by atoms with E-state index in [2.05, 4.69) is 16.0 Å². The van der Waals surface area contributed by atoms with Crippen LogP contribution >= 0.6 is 11.8 Å². The number of nitrogens with one attached hydrogen (secondary N) is 3. The Kier molecular flexibility index (Phi) is 10.7. The Balaban J connectivity index is 1.32. The molecule has 1 atom stereocenters. The Labute approximate surface area is 272 Å². The highest BCUT2D eigenvalue weighted by Gasteiger charge is 2.22. The van der Waals surface area contributed by atoms with E-state index in [1.807, 2.05) is 79.7 Å². The van der Waals surface area contributed by atoms with Gasteiger partial charge in [0.25, 0.3) is 11.8 Å². The van der Waals surface area contributed by atoms with E-state index in [1.54, 1.807) is 73.8 Å². The molecule has 230 valence electrons. The van der Waals surface area contributed by atoms with E-state index >= 15 is 0 Å². The zero-order valence-corrected chi connectivity index (χ0v) is 26.2. The SMILES string of the molecule is COc1ccc(NC(=O)C(Sc2ccc(NC(=O)/C(=C/c3cccc(C)c3)NC(=O)c3ccccc3)cc2)c2ccccc2)cc1. The Bertz CT molecular complexity index is 1820. The number of thioether (sulfide) groups is 1. The highest BCUT2D eigenvalue weighted by Crippen LogP contribution is 2.37. The van der Waals surface area contributed by atoms with Crippen molar-refractivity contribution < 1.29 is 19.1 Å². The van der Waals surface area contributed by atoms with Crippen LogP contribution in [0.4, 0.5) is 11.4 Å². The van der Waals surface area contributed by atoms with Gasteiger partial charge >= 0.3 is 0 Å². The third-order valence-corrected chi connectivity index (χ3v) is 8.21. The van der Waals surface area contributed by atoms with E-state index in [0.29, 0.717) is 22.7 Å². The largest absolute Gasteiger partial charge is 0.497 e. The second kappa shape index (κ2) is 15.4. The monoisotopic (exact) mass is 627 g/mol. The molecule has 46 heavy (non-hydrogen) atoms. The number of hydrogen-bond donors (Lipinski definition) is 3. The molecule has 5 aromatic rings. The van der Waals surface area contributed by atoms with E-state index in [1.165, 1.54) is 11.8 Å². The van der Waals surface area contributed by atoms with E-state index in [-0.39, 0.29) is 17.5 Å². The van der Waals surface area contributed by atoms with Gasteiger partial charge in [-0.2, -0.15) is 0 Å². The van der Waals surface area contributed by atoms with Crippen molar-refractivity contribution in [3.63, 3.8) is 0 Å². The van der Waals surface area contributed by atoms with Crippen LogP contribution in [0.15, 0.2) is 144 Å². The standard InChI is InChI=1S/C38H33N3O4S/c1-26-10-9-11-27(24-26)25-34(41-36(42)29-14-7-4-8-15-29)37(43)39-31-18-22-33(23-19-31)46-35(28-12-5-3-6-13-28)38(44)40-30-16-20-32(45-2)21-17-30/h3-25,35H,1-2H3,(H,39,43)(H,40,44)(H,41,42)/b34-25-. The Morgan fingerprint density at radius 2 is 1.35 bits per heavy atom. The third kappa shape index (κ3) is 8.74. The van der Waals surface area contributed by atoms with Crippen LogP contribution in [0.2, 0.25) is 0 Å². The summed E-state index contributed by atoms with van der Waals surface area (Å²) >= 11 is 1.40. The molecular weight excluding hydrogens is 595 g/mol. The maximum Gasteiger partial charge on any atom is 0.272 e. The molecule has 0 bridgehead atoms. The molecule has 0 spiro atoms. The number of carbonyl (C=O) groups excluding carboxylic acids is 3. The molecule has 1 unspecified atom stereocenters. The van der Waals surface area contributed by atoms with Crippen molar-refractivity contribution in [1.29, 1.82) is 0 Å². The number of anilines is 2. The van der Waals surface area contributed by atoms with Crippen LogP contribution in [0.3, 0.4) is 0 Å². The predicted molar refractivity (Wildman–Crippen MR) is 185 cm³/mol. The molecule has 0 saturated carbocycles. The molecule has 3 N–H and O–H groups in total. The first-order valence-electron chi connectivity index (χ1n) is 14.6. The Hall–Kier alpha value is -5.60. The first-order valence-corrected chi connectivity index (χ1v) is 15.5. The first kappa shape index (κ1) is 31.8. The van der Waals surface area contributed by atoms with Crippen LogP contribution in [0, 0.1) is 6.92 Å². The van der Waals surface area contributed by atoms with Crippen LogP contribution in [0.1, 0.15) is 32.3 Å². The van der Waals surface area contributed by atoms with E-state index in [4.69, 9.17) is 4.74 Å². The molecule has 5 rings (SSSR count). The summed E-state index contributed by atoms with van der Waals surface area (Å²) in [6.45, 7) is 1.96. The van der Waals surface area contributed by atoms with Crippen molar-refractivity contribution in [2.45, 2.75) is 17.1 Å². The fraction of sp³-hybridized carbons (Fsp3) is 0.0789. The Morgan fingerprint density at radius 1 is 0.717 bits per heavy atom. The van der Waals surface area contributed by atoms with Crippen molar-refractivity contribution in [2.24, 2.45) is 0 Å². The van der Waals surface area contributed by atoms with Gasteiger partial charge < -0.3 is 20.7 Å². The number of benzene rings is 5. The van der Waals surface area contributed by atoms with Gasteiger partial charge in [-0.15, -0.1) is 11.8 Å². The normalized spacial score (nSPS) is 11.7. The number of hydrogen-bond acceptors (Lipinski definition) is 5. The predicted octanol–water partition coefficient (Wildman–Crippen LogP) is 7.89. The number of carbonyl (C=O) groups is 3. The minimum absolute atomic E-state index is 0.109. The van der Waals surface area contributed by atoms with E-state index in [9.17, 15) is 14.4 Å². The molecule has 0 aliphatic carbocycles. The van der Waals surface area contributed by atoms with Gasteiger partial charge in [-0.3, -0.25) is 14.4 Å². The highest BCUT2D eigenvalue weighted by atomic mass is 32.2. The zero-order chi connectivity index (χ0) is 32.3. The van der Waals surface area contributed by atoms with Crippen molar-refractivity contribution in [1.82, 2.24) is 5.32 Å². The lowest BCUT2D eigenvalue weighted by atomic mass is 10.1. The summed E-state index contributed by atoms with van der Waals surface area (Å²) in [5.74, 6) is -0.317. The molecule has 0 heterocycles. The van der Waals surface area contributed by atoms with Crippen LogP contribution < -0.4 is 20.7 Å². The second-order valence-corrected chi connectivity index (χ2v) is 11.6. The molecule has 0 aromatic heterocycles. The lowest BCUT2D eigenvalue weighted by Crippen LogP contribution is -2.30. The molecule has 7 nitrogen and oxygen atoms in total. The second-order valence-electron chi connectivity index (χ2n) is 10.4. The van der Waals surface area contributed by atoms with Crippen LogP contribution in [0.25, 0.3) is 6.08 Å². The van der Waals surface area contributed by atoms with Gasteiger partial charge in [-0.25, -0.2) is 0 Å². The molecule has 3 amide bonds. The van der Waals surface area contributed by atoms with Crippen LogP contribution in [0.5, 0.6) is 5.75 Å². The van der Waals surface area contributed by atoms with Crippen LogP contribution in [-0.4, -0.2) is 24.8 Å². The number of rotatable bonds is 11. The third-order valence-electron chi connectivity index (χ3n) is 6.95.